The minimum Gasteiger partial charge on any atom is -0.494 e. The van der Waals surface area contributed by atoms with Crippen molar-refractivity contribution < 1.29 is 18.3 Å². The maximum Gasteiger partial charge on any atom is 0.137 e. The van der Waals surface area contributed by atoms with E-state index in [-0.39, 0.29) is 11.3 Å². The normalized spacial score (nSPS) is 11.9. The molecule has 0 heterocycles. The Morgan fingerprint density at radius 1 is 0.724 bits per heavy atom. The molecule has 3 aromatic rings. The van der Waals surface area contributed by atoms with Gasteiger partial charge in [0.2, 0.25) is 0 Å². The van der Waals surface area contributed by atoms with Crippen LogP contribution in [0.25, 0.3) is 22.3 Å². The molecule has 0 radical (unpaired) electrons. The van der Waals surface area contributed by atoms with E-state index in [1.165, 1.54) is 12.1 Å². The van der Waals surface area contributed by atoms with Crippen molar-refractivity contribution in [2.45, 2.75) is 27.2 Å². The van der Waals surface area contributed by atoms with Gasteiger partial charge in [-0.05, 0) is 41.7 Å². The fraction of sp³-hybridized carbons (Fsp3) is 0.280. The molecule has 4 heteroatoms. The SMILES string of the molecule is CCOc1cc(F)c(-c2ccc(-c3ccc(OCC(C)CC)cc3)cc2)c(F)c1. The summed E-state index contributed by atoms with van der Waals surface area (Å²) in [4.78, 5) is 0. The molecule has 152 valence electrons. The van der Waals surface area contributed by atoms with Gasteiger partial charge >= 0.3 is 0 Å². The molecule has 0 aromatic heterocycles. The third-order valence-electron chi connectivity index (χ3n) is 4.92. The topological polar surface area (TPSA) is 18.5 Å². The summed E-state index contributed by atoms with van der Waals surface area (Å²) in [7, 11) is 0. The molecule has 3 rings (SSSR count). The monoisotopic (exact) mass is 396 g/mol. The average molecular weight is 396 g/mol. The van der Waals surface area contributed by atoms with Gasteiger partial charge in [0, 0.05) is 12.1 Å². The van der Waals surface area contributed by atoms with Crippen molar-refractivity contribution in [2.75, 3.05) is 13.2 Å². The Morgan fingerprint density at radius 2 is 1.24 bits per heavy atom. The molecule has 0 fully saturated rings. The first-order valence-electron chi connectivity index (χ1n) is 9.97. The summed E-state index contributed by atoms with van der Waals surface area (Å²) in [6.45, 7) is 7.13. The van der Waals surface area contributed by atoms with Crippen LogP contribution in [0.3, 0.4) is 0 Å². The number of rotatable bonds is 8. The van der Waals surface area contributed by atoms with Crippen molar-refractivity contribution in [3.05, 3.63) is 72.3 Å². The molecule has 1 atom stereocenters. The summed E-state index contributed by atoms with van der Waals surface area (Å²) in [6, 6.07) is 17.5. The Labute approximate surface area is 171 Å². The third kappa shape index (κ3) is 5.14. The Kier molecular flexibility index (Phi) is 6.86. The number of hydrogen-bond donors (Lipinski definition) is 0. The molecule has 0 spiro atoms. The van der Waals surface area contributed by atoms with Gasteiger partial charge in [0.1, 0.15) is 23.1 Å². The highest BCUT2D eigenvalue weighted by molar-refractivity contribution is 5.71. The lowest BCUT2D eigenvalue weighted by Crippen LogP contribution is -2.06. The van der Waals surface area contributed by atoms with E-state index in [9.17, 15) is 8.78 Å². The quantitative estimate of drug-likeness (QED) is 0.403. The molecule has 0 aliphatic heterocycles. The maximum absolute atomic E-state index is 14.4. The first-order valence-corrected chi connectivity index (χ1v) is 9.97. The van der Waals surface area contributed by atoms with E-state index in [4.69, 9.17) is 9.47 Å². The maximum atomic E-state index is 14.4. The van der Waals surface area contributed by atoms with Crippen LogP contribution in [0, 0.1) is 17.6 Å². The van der Waals surface area contributed by atoms with Crippen LogP contribution in [-0.4, -0.2) is 13.2 Å². The van der Waals surface area contributed by atoms with Crippen molar-refractivity contribution in [2.24, 2.45) is 5.92 Å². The average Bonchev–Trinajstić information content (AvgIpc) is 2.72. The van der Waals surface area contributed by atoms with Gasteiger partial charge in [-0.1, -0.05) is 56.7 Å². The zero-order chi connectivity index (χ0) is 20.8. The number of ether oxygens (including phenoxy) is 2. The first-order chi connectivity index (χ1) is 14.0. The Balaban J connectivity index is 1.77. The number of benzene rings is 3. The second-order valence-corrected chi connectivity index (χ2v) is 7.12. The van der Waals surface area contributed by atoms with Crippen molar-refractivity contribution in [3.63, 3.8) is 0 Å². The summed E-state index contributed by atoms with van der Waals surface area (Å²) in [5.41, 5.74) is 2.42. The summed E-state index contributed by atoms with van der Waals surface area (Å²) in [5.74, 6) is 0.279. The highest BCUT2D eigenvalue weighted by Crippen LogP contribution is 2.32. The lowest BCUT2D eigenvalue weighted by atomic mass is 9.99. The van der Waals surface area contributed by atoms with Gasteiger partial charge in [-0.2, -0.15) is 0 Å². The fourth-order valence-corrected chi connectivity index (χ4v) is 3.00. The second-order valence-electron chi connectivity index (χ2n) is 7.12. The zero-order valence-electron chi connectivity index (χ0n) is 17.0. The first kappa shape index (κ1) is 20.8. The van der Waals surface area contributed by atoms with Crippen molar-refractivity contribution in [1.82, 2.24) is 0 Å². The predicted octanol–water partition coefficient (Wildman–Crippen LogP) is 7.12. The van der Waals surface area contributed by atoms with Gasteiger partial charge in [-0.25, -0.2) is 8.78 Å². The largest absolute Gasteiger partial charge is 0.494 e. The molecule has 0 N–H and O–H groups in total. The fourth-order valence-electron chi connectivity index (χ4n) is 3.00. The van der Waals surface area contributed by atoms with Gasteiger partial charge in [0.15, 0.2) is 0 Å². The van der Waals surface area contributed by atoms with Crippen LogP contribution >= 0.6 is 0 Å². The van der Waals surface area contributed by atoms with Crippen molar-refractivity contribution in [3.8, 4) is 33.8 Å². The summed E-state index contributed by atoms with van der Waals surface area (Å²) < 4.78 is 39.8. The van der Waals surface area contributed by atoms with E-state index in [2.05, 4.69) is 13.8 Å². The highest BCUT2D eigenvalue weighted by Gasteiger charge is 2.14. The highest BCUT2D eigenvalue weighted by atomic mass is 19.1. The lowest BCUT2D eigenvalue weighted by Gasteiger charge is -2.12. The molecular weight excluding hydrogens is 370 g/mol. The minimum atomic E-state index is -0.635. The van der Waals surface area contributed by atoms with E-state index < -0.39 is 11.6 Å². The molecule has 0 aliphatic carbocycles. The van der Waals surface area contributed by atoms with E-state index in [1.54, 1.807) is 19.1 Å². The van der Waals surface area contributed by atoms with Crippen LogP contribution in [0.1, 0.15) is 27.2 Å². The molecule has 0 aliphatic rings. The molecule has 2 nitrogen and oxygen atoms in total. The lowest BCUT2D eigenvalue weighted by molar-refractivity contribution is 0.256. The summed E-state index contributed by atoms with van der Waals surface area (Å²) in [5, 5.41) is 0. The van der Waals surface area contributed by atoms with E-state index in [1.807, 2.05) is 36.4 Å². The van der Waals surface area contributed by atoms with Crippen LogP contribution in [0.4, 0.5) is 8.78 Å². The Bertz CT molecular complexity index is 911. The van der Waals surface area contributed by atoms with E-state index in [0.29, 0.717) is 24.7 Å². The molecular formula is C25H26F2O2. The van der Waals surface area contributed by atoms with Crippen molar-refractivity contribution in [1.29, 1.82) is 0 Å². The molecule has 0 saturated carbocycles. The number of halogens is 2. The predicted molar refractivity (Wildman–Crippen MR) is 113 cm³/mol. The van der Waals surface area contributed by atoms with Gasteiger partial charge in [-0.15, -0.1) is 0 Å². The smallest absolute Gasteiger partial charge is 0.137 e. The van der Waals surface area contributed by atoms with Gasteiger partial charge in [-0.3, -0.25) is 0 Å². The van der Waals surface area contributed by atoms with Crippen LogP contribution in [0.5, 0.6) is 11.5 Å². The van der Waals surface area contributed by atoms with Crippen molar-refractivity contribution >= 4 is 0 Å². The summed E-state index contributed by atoms with van der Waals surface area (Å²) >= 11 is 0. The van der Waals surface area contributed by atoms with Gasteiger partial charge < -0.3 is 9.47 Å². The van der Waals surface area contributed by atoms with Crippen LogP contribution in [0.15, 0.2) is 60.7 Å². The third-order valence-corrected chi connectivity index (χ3v) is 4.92. The van der Waals surface area contributed by atoms with Crippen LogP contribution in [0.2, 0.25) is 0 Å². The van der Waals surface area contributed by atoms with Gasteiger partial charge in [0.05, 0.1) is 18.8 Å². The molecule has 3 aromatic carbocycles. The molecule has 29 heavy (non-hydrogen) atoms. The van der Waals surface area contributed by atoms with E-state index >= 15 is 0 Å². The van der Waals surface area contributed by atoms with E-state index in [0.717, 1.165) is 23.3 Å². The zero-order valence-corrected chi connectivity index (χ0v) is 17.0. The Hall–Kier alpha value is -2.88. The number of hydrogen-bond acceptors (Lipinski definition) is 2. The summed E-state index contributed by atoms with van der Waals surface area (Å²) in [6.07, 6.45) is 1.08. The second kappa shape index (κ2) is 9.55. The molecule has 1 unspecified atom stereocenters. The molecule has 0 bridgehead atoms. The van der Waals surface area contributed by atoms with Gasteiger partial charge in [0.25, 0.3) is 0 Å². The molecule has 0 amide bonds. The van der Waals surface area contributed by atoms with Crippen LogP contribution in [-0.2, 0) is 0 Å². The molecule has 0 saturated heterocycles. The van der Waals surface area contributed by atoms with Crippen LogP contribution < -0.4 is 9.47 Å². The Morgan fingerprint density at radius 3 is 1.76 bits per heavy atom. The minimum absolute atomic E-state index is 0.0474. The standard InChI is InChI=1S/C25H26F2O2/c1-4-17(3)16-29-21-12-10-19(11-13-21)18-6-8-20(9-7-18)25-23(26)14-22(28-5-2)15-24(25)27/h6-15,17H,4-5,16H2,1-3H3.